The predicted octanol–water partition coefficient (Wildman–Crippen LogP) is 3.30. The lowest BCUT2D eigenvalue weighted by molar-refractivity contribution is 0.759. The molecule has 0 fully saturated rings. The third-order valence-corrected chi connectivity index (χ3v) is 2.25. The third-order valence-electron chi connectivity index (χ3n) is 1.52. The molecule has 1 aliphatic heterocycles. The fraction of sp³-hybridized carbons (Fsp3) is 0.375. The van der Waals surface area contributed by atoms with Crippen LogP contribution in [0.3, 0.4) is 0 Å². The Morgan fingerprint density at radius 1 is 1.45 bits per heavy atom. The monoisotopic (exact) mass is 189 g/mol. The van der Waals surface area contributed by atoms with E-state index in [-0.39, 0.29) is 0 Å². The van der Waals surface area contributed by atoms with Crippen LogP contribution in [0.25, 0.3) is 0 Å². The van der Waals surface area contributed by atoms with Crippen LogP contribution >= 0.6 is 23.2 Å². The highest BCUT2D eigenvalue weighted by molar-refractivity contribution is 6.31. The topological polar surface area (TPSA) is 12.4 Å². The Kier molecular flexibility index (Phi) is 3.16. The van der Waals surface area contributed by atoms with E-state index in [4.69, 9.17) is 23.2 Å². The van der Waals surface area contributed by atoms with Gasteiger partial charge in [-0.15, -0.1) is 0 Å². The summed E-state index contributed by atoms with van der Waals surface area (Å²) in [5.74, 6) is 0.349. The number of hydrogen-bond donors (Lipinski definition) is 0. The smallest absolute Gasteiger partial charge is 0.128 e. The lowest BCUT2D eigenvalue weighted by atomic mass is 10.1. The lowest BCUT2D eigenvalue weighted by Gasteiger charge is -2.07. The van der Waals surface area contributed by atoms with Gasteiger partial charge in [0.15, 0.2) is 0 Å². The van der Waals surface area contributed by atoms with Crippen molar-refractivity contribution in [2.75, 3.05) is 0 Å². The number of rotatable bonds is 0. The molecular formula is C8H9Cl2N. The van der Waals surface area contributed by atoms with Crippen molar-refractivity contribution in [3.63, 3.8) is 0 Å². The second-order valence-electron chi connectivity index (χ2n) is 2.49. The molecule has 1 heterocycles. The zero-order chi connectivity index (χ0) is 8.27. The first-order valence-electron chi connectivity index (χ1n) is 3.45. The van der Waals surface area contributed by atoms with Crippen LogP contribution in [0.1, 0.15) is 13.3 Å². The SMILES string of the molecule is CC1C/C=N/C(Cl)=C\C=C/1Cl. The van der Waals surface area contributed by atoms with Gasteiger partial charge in [0.25, 0.3) is 0 Å². The molecule has 1 unspecified atom stereocenters. The average molecular weight is 190 g/mol. The van der Waals surface area contributed by atoms with Gasteiger partial charge in [0.05, 0.1) is 0 Å². The van der Waals surface area contributed by atoms with Gasteiger partial charge >= 0.3 is 0 Å². The van der Waals surface area contributed by atoms with Crippen molar-refractivity contribution in [2.24, 2.45) is 10.9 Å². The first kappa shape index (κ1) is 8.82. The molecular weight excluding hydrogens is 181 g/mol. The number of halogens is 2. The Balaban J connectivity index is 2.84. The van der Waals surface area contributed by atoms with E-state index in [0.717, 1.165) is 11.5 Å². The van der Waals surface area contributed by atoms with Gasteiger partial charge < -0.3 is 0 Å². The summed E-state index contributed by atoms with van der Waals surface area (Å²) in [6.07, 6.45) is 6.14. The van der Waals surface area contributed by atoms with Gasteiger partial charge in [0.2, 0.25) is 0 Å². The fourth-order valence-corrected chi connectivity index (χ4v) is 1.05. The molecule has 11 heavy (non-hydrogen) atoms. The molecule has 1 atom stereocenters. The molecule has 1 rings (SSSR count). The molecule has 0 bridgehead atoms. The van der Waals surface area contributed by atoms with E-state index in [0.29, 0.717) is 11.1 Å². The molecule has 60 valence electrons. The summed E-state index contributed by atoms with van der Waals surface area (Å²) in [5, 5.41) is 1.31. The lowest BCUT2D eigenvalue weighted by Crippen LogP contribution is -1.96. The van der Waals surface area contributed by atoms with Gasteiger partial charge in [-0.2, -0.15) is 0 Å². The Hall–Kier alpha value is -0.270. The van der Waals surface area contributed by atoms with Crippen LogP contribution in [0, 0.1) is 5.92 Å². The van der Waals surface area contributed by atoms with E-state index in [1.54, 1.807) is 18.4 Å². The van der Waals surface area contributed by atoms with Crippen LogP contribution in [0.2, 0.25) is 0 Å². The zero-order valence-corrected chi connectivity index (χ0v) is 7.73. The van der Waals surface area contributed by atoms with Crippen LogP contribution in [0.5, 0.6) is 0 Å². The summed E-state index contributed by atoms with van der Waals surface area (Å²) in [6.45, 7) is 2.05. The van der Waals surface area contributed by atoms with Gasteiger partial charge in [-0.25, -0.2) is 4.99 Å². The van der Waals surface area contributed by atoms with Crippen molar-refractivity contribution in [3.8, 4) is 0 Å². The molecule has 0 aromatic carbocycles. The molecule has 0 N–H and O–H groups in total. The van der Waals surface area contributed by atoms with Crippen LogP contribution in [0.15, 0.2) is 27.3 Å². The van der Waals surface area contributed by atoms with Crippen LogP contribution in [-0.2, 0) is 0 Å². The number of aliphatic imine (C=N–C) groups is 1. The van der Waals surface area contributed by atoms with Crippen LogP contribution in [0.4, 0.5) is 0 Å². The average Bonchev–Trinajstić information content (AvgIpc) is 1.98. The molecule has 0 aromatic heterocycles. The zero-order valence-electron chi connectivity index (χ0n) is 6.22. The van der Waals surface area contributed by atoms with E-state index >= 15 is 0 Å². The molecule has 1 aliphatic rings. The van der Waals surface area contributed by atoms with Crippen molar-refractivity contribution in [1.29, 1.82) is 0 Å². The molecule has 3 heteroatoms. The predicted molar refractivity (Wildman–Crippen MR) is 50.1 cm³/mol. The van der Waals surface area contributed by atoms with Crippen molar-refractivity contribution < 1.29 is 0 Å². The number of allylic oxidation sites excluding steroid dienone is 3. The van der Waals surface area contributed by atoms with Gasteiger partial charge in [-0.3, -0.25) is 0 Å². The summed E-state index contributed by atoms with van der Waals surface area (Å²) in [4.78, 5) is 3.97. The highest BCUT2D eigenvalue weighted by Gasteiger charge is 2.05. The van der Waals surface area contributed by atoms with Crippen LogP contribution < -0.4 is 0 Å². The summed E-state index contributed by atoms with van der Waals surface area (Å²) < 4.78 is 0. The maximum absolute atomic E-state index is 5.91. The van der Waals surface area contributed by atoms with Crippen molar-refractivity contribution in [1.82, 2.24) is 0 Å². The van der Waals surface area contributed by atoms with Crippen molar-refractivity contribution in [3.05, 3.63) is 22.3 Å². The van der Waals surface area contributed by atoms with Crippen molar-refractivity contribution in [2.45, 2.75) is 13.3 Å². The Labute approximate surface area is 76.4 Å². The first-order chi connectivity index (χ1) is 5.20. The minimum atomic E-state index is 0.349. The summed E-state index contributed by atoms with van der Waals surface area (Å²) in [5.41, 5.74) is 0. The van der Waals surface area contributed by atoms with E-state index < -0.39 is 0 Å². The van der Waals surface area contributed by atoms with Gasteiger partial charge in [-0.05, 0) is 24.5 Å². The van der Waals surface area contributed by atoms with E-state index in [2.05, 4.69) is 11.9 Å². The number of hydrogen-bond acceptors (Lipinski definition) is 1. The number of nitrogens with zero attached hydrogens (tertiary/aromatic N) is 1. The van der Waals surface area contributed by atoms with E-state index in [1.807, 2.05) is 0 Å². The van der Waals surface area contributed by atoms with Gasteiger partial charge in [0.1, 0.15) is 5.16 Å². The normalized spacial score (nSPS) is 37.5. The Morgan fingerprint density at radius 3 is 2.91 bits per heavy atom. The quantitative estimate of drug-likeness (QED) is 0.519. The molecule has 1 nitrogen and oxygen atoms in total. The minimum Gasteiger partial charge on any atom is -0.249 e. The summed E-state index contributed by atoms with van der Waals surface area (Å²) in [7, 11) is 0. The first-order valence-corrected chi connectivity index (χ1v) is 4.21. The second-order valence-corrected chi connectivity index (χ2v) is 3.31. The highest BCUT2D eigenvalue weighted by atomic mass is 35.5. The Morgan fingerprint density at radius 2 is 2.18 bits per heavy atom. The second kappa shape index (κ2) is 3.93. The molecule has 0 spiro atoms. The molecule has 0 amide bonds. The van der Waals surface area contributed by atoms with Gasteiger partial charge in [0, 0.05) is 11.2 Å². The van der Waals surface area contributed by atoms with Gasteiger partial charge in [-0.1, -0.05) is 30.1 Å². The third kappa shape index (κ3) is 2.68. The highest BCUT2D eigenvalue weighted by Crippen LogP contribution is 2.20. The maximum atomic E-state index is 5.91. The summed E-state index contributed by atoms with van der Waals surface area (Å²) in [6, 6.07) is 0. The molecule has 0 saturated carbocycles. The van der Waals surface area contributed by atoms with Crippen LogP contribution in [-0.4, -0.2) is 6.21 Å². The Bertz CT molecular complexity index is 228. The molecule has 0 radical (unpaired) electrons. The standard InChI is InChI=1S/C8H9Cl2N/c1-6-4-5-11-8(10)3-2-7(6)9/h2-3,5-6H,4H2,1H3/b7-2+,8-3-,11-5+. The van der Waals surface area contributed by atoms with Crippen molar-refractivity contribution >= 4 is 29.4 Å². The molecule has 0 saturated heterocycles. The summed E-state index contributed by atoms with van der Waals surface area (Å²) >= 11 is 11.6. The minimum absolute atomic E-state index is 0.349. The van der Waals surface area contributed by atoms with E-state index in [9.17, 15) is 0 Å². The molecule has 0 aliphatic carbocycles. The largest absolute Gasteiger partial charge is 0.249 e. The maximum Gasteiger partial charge on any atom is 0.128 e. The fourth-order valence-electron chi connectivity index (χ4n) is 0.766. The molecule has 0 aromatic rings. The van der Waals surface area contributed by atoms with E-state index in [1.165, 1.54) is 0 Å².